The van der Waals surface area contributed by atoms with Gasteiger partial charge in [0.25, 0.3) is 0 Å². The minimum atomic E-state index is 0.160. The topological polar surface area (TPSA) is 64.6 Å². The van der Waals surface area contributed by atoms with E-state index >= 15 is 0 Å². The van der Waals surface area contributed by atoms with Gasteiger partial charge < -0.3 is 29.2 Å². The molecule has 3 aliphatic heterocycles. The average Bonchev–Trinajstić information content (AvgIpc) is 3.23. The minimum Gasteiger partial charge on any atom is -0.381 e. The van der Waals surface area contributed by atoms with E-state index in [1.54, 1.807) is 0 Å². The molecule has 7 nitrogen and oxygen atoms in total. The van der Waals surface area contributed by atoms with Crippen molar-refractivity contribution < 1.29 is 18.9 Å². The van der Waals surface area contributed by atoms with Crippen molar-refractivity contribution >= 4 is 5.96 Å². The Balaban J connectivity index is 1.30. The summed E-state index contributed by atoms with van der Waals surface area (Å²) in [5, 5.41) is 3.47. The van der Waals surface area contributed by atoms with Gasteiger partial charge in [-0.3, -0.25) is 4.99 Å². The summed E-state index contributed by atoms with van der Waals surface area (Å²) in [4.78, 5) is 6.73. The first-order valence-electron chi connectivity index (χ1n) is 10.2. The first-order valence-corrected chi connectivity index (χ1v) is 10.2. The first kappa shape index (κ1) is 19.9. The second kappa shape index (κ2) is 11.1. The molecule has 0 aromatic rings. The third kappa shape index (κ3) is 6.08. The fourth-order valence-electron chi connectivity index (χ4n) is 3.86. The Hall–Kier alpha value is -0.890. The Morgan fingerprint density at radius 1 is 1.12 bits per heavy atom. The predicted octanol–water partition coefficient (Wildman–Crippen LogP) is 1.27. The van der Waals surface area contributed by atoms with Crippen LogP contribution in [-0.4, -0.2) is 89.4 Å². The largest absolute Gasteiger partial charge is 0.381 e. The summed E-state index contributed by atoms with van der Waals surface area (Å²) in [5.74, 6) is 1.63. The summed E-state index contributed by atoms with van der Waals surface area (Å²) in [6.07, 6.45) is 5.91. The van der Waals surface area contributed by atoms with Crippen molar-refractivity contribution in [1.29, 1.82) is 0 Å². The van der Waals surface area contributed by atoms with Crippen LogP contribution in [0.1, 0.15) is 32.1 Å². The Morgan fingerprint density at radius 3 is 2.73 bits per heavy atom. The van der Waals surface area contributed by atoms with Crippen molar-refractivity contribution in [1.82, 2.24) is 10.2 Å². The van der Waals surface area contributed by atoms with E-state index < -0.39 is 0 Å². The lowest BCUT2D eigenvalue weighted by molar-refractivity contribution is -0.0817. The monoisotopic (exact) mass is 369 g/mol. The van der Waals surface area contributed by atoms with Gasteiger partial charge in [-0.2, -0.15) is 0 Å². The molecule has 0 aromatic carbocycles. The van der Waals surface area contributed by atoms with E-state index in [4.69, 9.17) is 18.9 Å². The molecule has 7 heteroatoms. The quantitative estimate of drug-likeness (QED) is 0.414. The molecule has 26 heavy (non-hydrogen) atoms. The molecule has 0 spiro atoms. The highest BCUT2D eigenvalue weighted by Crippen LogP contribution is 2.21. The zero-order valence-corrected chi connectivity index (χ0v) is 16.2. The lowest BCUT2D eigenvalue weighted by Crippen LogP contribution is -2.53. The maximum atomic E-state index is 5.92. The first-order chi connectivity index (χ1) is 12.9. The van der Waals surface area contributed by atoms with Gasteiger partial charge in [-0.05, 0) is 38.0 Å². The van der Waals surface area contributed by atoms with Gasteiger partial charge in [0.1, 0.15) is 6.10 Å². The van der Waals surface area contributed by atoms with Crippen LogP contribution < -0.4 is 5.32 Å². The van der Waals surface area contributed by atoms with Crippen LogP contribution in [0.5, 0.6) is 0 Å². The van der Waals surface area contributed by atoms with E-state index in [1.165, 1.54) is 0 Å². The van der Waals surface area contributed by atoms with Crippen molar-refractivity contribution in [3.8, 4) is 0 Å². The van der Waals surface area contributed by atoms with Gasteiger partial charge in [-0.1, -0.05) is 0 Å². The number of hydrogen-bond donors (Lipinski definition) is 1. The molecule has 1 N–H and O–H groups in total. The van der Waals surface area contributed by atoms with E-state index in [1.807, 2.05) is 7.05 Å². The highest BCUT2D eigenvalue weighted by molar-refractivity contribution is 5.80. The standard InChI is InChI=1S/C19H35N3O4/c1-20-19(21-7-3-9-24-15-16-5-11-23-12-6-16)22-8-13-26-18(14-22)17-4-2-10-25-17/h16-18H,2-15H2,1H3,(H,20,21). The summed E-state index contributed by atoms with van der Waals surface area (Å²) >= 11 is 0. The van der Waals surface area contributed by atoms with E-state index in [2.05, 4.69) is 15.2 Å². The number of morpholine rings is 1. The fraction of sp³-hybridized carbons (Fsp3) is 0.947. The zero-order chi connectivity index (χ0) is 18.0. The maximum Gasteiger partial charge on any atom is 0.193 e. The number of hydrogen-bond acceptors (Lipinski definition) is 5. The molecule has 3 rings (SSSR count). The average molecular weight is 370 g/mol. The molecule has 0 aliphatic carbocycles. The lowest BCUT2D eigenvalue weighted by atomic mass is 10.0. The van der Waals surface area contributed by atoms with Gasteiger partial charge in [0, 0.05) is 59.7 Å². The van der Waals surface area contributed by atoms with Gasteiger partial charge in [0.15, 0.2) is 5.96 Å². The normalized spacial score (nSPS) is 28.5. The highest BCUT2D eigenvalue weighted by Gasteiger charge is 2.32. The number of nitrogens with zero attached hydrogens (tertiary/aromatic N) is 2. The van der Waals surface area contributed by atoms with Crippen LogP contribution in [0, 0.1) is 5.92 Å². The lowest BCUT2D eigenvalue weighted by Gasteiger charge is -2.37. The minimum absolute atomic E-state index is 0.160. The highest BCUT2D eigenvalue weighted by atomic mass is 16.5. The molecule has 0 radical (unpaired) electrons. The summed E-state index contributed by atoms with van der Waals surface area (Å²) in [7, 11) is 1.85. The van der Waals surface area contributed by atoms with E-state index in [0.717, 1.165) is 97.3 Å². The van der Waals surface area contributed by atoms with E-state index in [0.29, 0.717) is 5.92 Å². The number of ether oxygens (including phenoxy) is 4. The van der Waals surface area contributed by atoms with Gasteiger partial charge in [0.2, 0.25) is 0 Å². The Morgan fingerprint density at radius 2 is 1.96 bits per heavy atom. The fourth-order valence-corrected chi connectivity index (χ4v) is 3.86. The van der Waals surface area contributed by atoms with Crippen LogP contribution in [0.15, 0.2) is 4.99 Å². The molecular formula is C19H35N3O4. The van der Waals surface area contributed by atoms with Crippen LogP contribution in [0.25, 0.3) is 0 Å². The van der Waals surface area contributed by atoms with Gasteiger partial charge in [-0.25, -0.2) is 0 Å². The summed E-state index contributed by atoms with van der Waals surface area (Å²) in [6.45, 7) is 7.64. The summed E-state index contributed by atoms with van der Waals surface area (Å²) in [6, 6.07) is 0. The molecule has 2 unspecified atom stereocenters. The summed E-state index contributed by atoms with van der Waals surface area (Å²) in [5.41, 5.74) is 0. The number of guanidine groups is 1. The third-order valence-corrected chi connectivity index (χ3v) is 5.43. The van der Waals surface area contributed by atoms with Crippen LogP contribution in [0.2, 0.25) is 0 Å². The molecule has 0 amide bonds. The molecule has 3 fully saturated rings. The molecule has 3 aliphatic rings. The van der Waals surface area contributed by atoms with Crippen molar-refractivity contribution in [3.05, 3.63) is 0 Å². The molecule has 150 valence electrons. The SMILES string of the molecule is CN=C(NCCCOCC1CCOCC1)N1CCOC(C2CCCO2)C1. The molecular weight excluding hydrogens is 334 g/mol. The number of nitrogens with one attached hydrogen (secondary N) is 1. The van der Waals surface area contributed by atoms with Crippen LogP contribution in [0.3, 0.4) is 0 Å². The van der Waals surface area contributed by atoms with Crippen LogP contribution >= 0.6 is 0 Å². The van der Waals surface area contributed by atoms with Gasteiger partial charge in [-0.15, -0.1) is 0 Å². The molecule has 3 heterocycles. The van der Waals surface area contributed by atoms with Gasteiger partial charge >= 0.3 is 0 Å². The smallest absolute Gasteiger partial charge is 0.193 e. The van der Waals surface area contributed by atoms with Crippen LogP contribution in [-0.2, 0) is 18.9 Å². The van der Waals surface area contributed by atoms with Gasteiger partial charge in [0.05, 0.1) is 12.7 Å². The van der Waals surface area contributed by atoms with E-state index in [9.17, 15) is 0 Å². The Bertz CT molecular complexity index is 423. The van der Waals surface area contributed by atoms with Crippen molar-refractivity contribution in [3.63, 3.8) is 0 Å². The van der Waals surface area contributed by atoms with Crippen molar-refractivity contribution in [2.75, 3.05) is 66.3 Å². The molecule has 2 atom stereocenters. The second-order valence-corrected chi connectivity index (χ2v) is 7.36. The number of rotatable bonds is 7. The molecule has 3 saturated heterocycles. The van der Waals surface area contributed by atoms with Crippen molar-refractivity contribution in [2.24, 2.45) is 10.9 Å². The third-order valence-electron chi connectivity index (χ3n) is 5.43. The Kier molecular flexibility index (Phi) is 8.45. The summed E-state index contributed by atoms with van der Waals surface area (Å²) < 4.78 is 22.9. The van der Waals surface area contributed by atoms with Crippen molar-refractivity contribution in [2.45, 2.75) is 44.3 Å². The molecule has 0 aromatic heterocycles. The van der Waals surface area contributed by atoms with E-state index in [-0.39, 0.29) is 12.2 Å². The Labute approximate surface area is 157 Å². The zero-order valence-electron chi connectivity index (χ0n) is 16.2. The molecule has 0 saturated carbocycles. The second-order valence-electron chi connectivity index (χ2n) is 7.36. The predicted molar refractivity (Wildman–Crippen MR) is 101 cm³/mol. The molecule has 0 bridgehead atoms. The number of aliphatic imine (C=N–C) groups is 1. The maximum absolute atomic E-state index is 5.92. The van der Waals surface area contributed by atoms with Crippen LogP contribution in [0.4, 0.5) is 0 Å².